The zero-order valence-corrected chi connectivity index (χ0v) is 7.90. The minimum atomic E-state index is -0.461. The van der Waals surface area contributed by atoms with Crippen LogP contribution >= 0.6 is 0 Å². The highest BCUT2D eigenvalue weighted by atomic mass is 16.5. The van der Waals surface area contributed by atoms with Gasteiger partial charge in [0.05, 0.1) is 20.8 Å². The number of hydrogen-bond acceptors (Lipinski definition) is 3. The van der Waals surface area contributed by atoms with Gasteiger partial charge in [0, 0.05) is 5.56 Å². The molecule has 1 aromatic carbocycles. The molecule has 1 aromatic rings. The molecule has 1 rings (SSSR count). The Kier molecular flexibility index (Phi) is 3.08. The number of ether oxygens (including phenoxy) is 2. The Morgan fingerprint density at radius 2 is 2.14 bits per heavy atom. The minimum Gasteiger partial charge on any atom is -0.508 e. The molecular formula is C10H9NO3. The van der Waals surface area contributed by atoms with Crippen molar-refractivity contribution in [1.29, 1.82) is 0 Å². The van der Waals surface area contributed by atoms with E-state index >= 15 is 0 Å². The molecule has 0 saturated carbocycles. The Labute approximate surface area is 81.9 Å². The lowest BCUT2D eigenvalue weighted by atomic mass is 10.2. The minimum absolute atomic E-state index is 0.301. The van der Waals surface area contributed by atoms with Gasteiger partial charge in [0.15, 0.2) is 0 Å². The molecule has 0 aliphatic rings. The number of nitrogens with zero attached hydrogens (tertiary/aromatic N) is 1. The van der Waals surface area contributed by atoms with Crippen LogP contribution in [0.1, 0.15) is 10.4 Å². The lowest BCUT2D eigenvalue weighted by molar-refractivity contribution is 0.0601. The average Bonchev–Trinajstić information content (AvgIpc) is 2.26. The lowest BCUT2D eigenvalue weighted by Crippen LogP contribution is -2.00. The summed E-state index contributed by atoms with van der Waals surface area (Å²) in [5, 5.41) is 0. The zero-order valence-electron chi connectivity index (χ0n) is 7.90. The van der Waals surface area contributed by atoms with Crippen molar-refractivity contribution in [3.8, 4) is 5.75 Å². The maximum absolute atomic E-state index is 11.1. The van der Waals surface area contributed by atoms with Crippen molar-refractivity contribution in [1.82, 2.24) is 0 Å². The van der Waals surface area contributed by atoms with E-state index in [9.17, 15) is 4.79 Å². The van der Waals surface area contributed by atoms with Crippen molar-refractivity contribution < 1.29 is 14.3 Å². The van der Waals surface area contributed by atoms with Crippen molar-refractivity contribution in [2.24, 2.45) is 0 Å². The van der Waals surface area contributed by atoms with Crippen LogP contribution in [-0.4, -0.2) is 20.2 Å². The summed E-state index contributed by atoms with van der Waals surface area (Å²) in [5.41, 5.74) is 0.648. The van der Waals surface area contributed by atoms with Crippen molar-refractivity contribution in [3.63, 3.8) is 0 Å². The second-order valence-electron chi connectivity index (χ2n) is 2.49. The van der Waals surface area contributed by atoms with Crippen molar-refractivity contribution in [2.45, 2.75) is 0 Å². The number of esters is 1. The van der Waals surface area contributed by atoms with Crippen molar-refractivity contribution in [3.05, 3.63) is 35.2 Å². The first-order valence-corrected chi connectivity index (χ1v) is 3.86. The summed E-state index contributed by atoms with van der Waals surface area (Å²) in [6, 6.07) is 4.57. The summed E-state index contributed by atoms with van der Waals surface area (Å²) >= 11 is 0. The topological polar surface area (TPSA) is 39.9 Å². The van der Waals surface area contributed by atoms with E-state index in [-0.39, 0.29) is 0 Å². The van der Waals surface area contributed by atoms with E-state index in [0.717, 1.165) is 0 Å². The molecule has 0 atom stereocenters. The Bertz CT molecular complexity index is 393. The molecule has 0 aliphatic heterocycles. The molecule has 0 amide bonds. The predicted molar refractivity (Wildman–Crippen MR) is 50.6 cm³/mol. The third-order valence-corrected chi connectivity index (χ3v) is 1.72. The van der Waals surface area contributed by atoms with Gasteiger partial charge in [-0.1, -0.05) is 0 Å². The molecule has 0 fully saturated rings. The van der Waals surface area contributed by atoms with Crippen LogP contribution in [0.4, 0.5) is 5.69 Å². The lowest BCUT2D eigenvalue weighted by Gasteiger charge is -2.04. The molecule has 4 nitrogen and oxygen atoms in total. The van der Waals surface area contributed by atoms with E-state index in [1.54, 1.807) is 12.1 Å². The van der Waals surface area contributed by atoms with Crippen LogP contribution in [0.3, 0.4) is 0 Å². The fraction of sp³-hybridized carbons (Fsp3) is 0.200. The molecular weight excluding hydrogens is 181 g/mol. The number of rotatable bonds is 2. The van der Waals surface area contributed by atoms with E-state index < -0.39 is 5.97 Å². The summed E-state index contributed by atoms with van der Waals surface area (Å²) < 4.78 is 9.47. The van der Waals surface area contributed by atoms with Gasteiger partial charge >= 0.3 is 5.97 Å². The highest BCUT2D eigenvalue weighted by molar-refractivity contribution is 5.91. The summed E-state index contributed by atoms with van der Waals surface area (Å²) in [5.74, 6) is -0.00907. The van der Waals surface area contributed by atoms with E-state index in [1.807, 2.05) is 0 Å². The molecule has 4 heteroatoms. The number of hydrogen-bond donors (Lipinski definition) is 0. The zero-order chi connectivity index (χ0) is 10.6. The predicted octanol–water partition coefficient (Wildman–Crippen LogP) is 2.03. The molecule has 0 aromatic heterocycles. The van der Waals surface area contributed by atoms with Gasteiger partial charge in [-0.05, 0) is 18.2 Å². The largest absolute Gasteiger partial charge is 0.508 e. The van der Waals surface area contributed by atoms with E-state index in [1.165, 1.54) is 20.3 Å². The highest BCUT2D eigenvalue weighted by Crippen LogP contribution is 2.28. The number of carbonyl (C=O) groups is 1. The van der Waals surface area contributed by atoms with Gasteiger partial charge in [-0.2, -0.15) is 0 Å². The van der Waals surface area contributed by atoms with Gasteiger partial charge in [0.2, 0.25) is 5.69 Å². The Morgan fingerprint density at radius 3 is 2.64 bits per heavy atom. The molecule has 0 heterocycles. The SMILES string of the molecule is COC(=O)c1ccc(OC)c([N+]#[11C-])c1. The van der Waals surface area contributed by atoms with Gasteiger partial charge in [-0.15, -0.1) is 0 Å². The van der Waals surface area contributed by atoms with E-state index in [4.69, 9.17) is 11.3 Å². The fourth-order valence-electron chi connectivity index (χ4n) is 1.02. The summed E-state index contributed by atoms with van der Waals surface area (Å²) in [7, 11) is 2.77. The maximum atomic E-state index is 11.1. The van der Waals surface area contributed by atoms with Gasteiger partial charge < -0.3 is 9.47 Å². The molecule has 14 heavy (non-hydrogen) atoms. The van der Waals surface area contributed by atoms with Crippen LogP contribution in [0, 0.1) is 6.57 Å². The molecule has 0 bridgehead atoms. The van der Waals surface area contributed by atoms with Crippen LogP contribution in [0.15, 0.2) is 18.2 Å². The molecule has 0 aliphatic carbocycles. The summed E-state index contributed by atoms with van der Waals surface area (Å²) in [6.45, 7) is 6.88. The first-order valence-electron chi connectivity index (χ1n) is 3.86. The van der Waals surface area contributed by atoms with Gasteiger partial charge in [-0.3, -0.25) is 0 Å². The van der Waals surface area contributed by atoms with Crippen LogP contribution in [-0.2, 0) is 4.74 Å². The second kappa shape index (κ2) is 4.28. The smallest absolute Gasteiger partial charge is 0.336 e. The number of carbonyl (C=O) groups excluding carboxylic acids is 1. The molecule has 0 spiro atoms. The second-order valence-corrected chi connectivity index (χ2v) is 2.49. The van der Waals surface area contributed by atoms with Gasteiger partial charge in [0.25, 0.3) is 0 Å². The van der Waals surface area contributed by atoms with Crippen LogP contribution in [0.5, 0.6) is 5.75 Å². The standard InChI is InChI=1S/C10H9NO3/c1-11-8-6-7(10(12)14-3)4-5-9(8)13-2/h4-6H,2-3H3/i1-1. The molecule has 0 N–H and O–H groups in total. The molecule has 0 radical (unpaired) electrons. The Morgan fingerprint density at radius 1 is 1.43 bits per heavy atom. The number of methoxy groups -OCH3 is 2. The first kappa shape index (κ1) is 10.1. The monoisotopic (exact) mass is 190 g/mol. The molecule has 0 saturated heterocycles. The Balaban J connectivity index is 3.15. The summed E-state index contributed by atoms with van der Waals surface area (Å²) in [6.07, 6.45) is 0. The van der Waals surface area contributed by atoms with E-state index in [2.05, 4.69) is 9.58 Å². The van der Waals surface area contributed by atoms with Gasteiger partial charge in [-0.25, -0.2) is 9.64 Å². The third-order valence-electron chi connectivity index (χ3n) is 1.72. The van der Waals surface area contributed by atoms with Crippen molar-refractivity contribution in [2.75, 3.05) is 14.2 Å². The first-order chi connectivity index (χ1) is 6.72. The average molecular weight is 190 g/mol. The maximum Gasteiger partial charge on any atom is 0.336 e. The van der Waals surface area contributed by atoms with E-state index in [0.29, 0.717) is 17.0 Å². The molecule has 0 unspecified atom stereocenters. The van der Waals surface area contributed by atoms with Crippen LogP contribution < -0.4 is 4.74 Å². The van der Waals surface area contributed by atoms with Crippen LogP contribution in [0.25, 0.3) is 4.85 Å². The number of benzene rings is 1. The Hall–Kier alpha value is -2.02. The summed E-state index contributed by atoms with van der Waals surface area (Å²) in [4.78, 5) is 14.4. The van der Waals surface area contributed by atoms with Gasteiger partial charge in [0.1, 0.15) is 5.75 Å². The van der Waals surface area contributed by atoms with Crippen LogP contribution in [0.2, 0.25) is 0 Å². The normalized spacial score (nSPS) is 8.93. The fourth-order valence-corrected chi connectivity index (χ4v) is 1.02. The third kappa shape index (κ3) is 1.83. The van der Waals surface area contributed by atoms with Crippen molar-refractivity contribution >= 4 is 11.7 Å². The highest BCUT2D eigenvalue weighted by Gasteiger charge is 2.09. The quantitative estimate of drug-likeness (QED) is 0.529. The molecule has 72 valence electrons.